The lowest BCUT2D eigenvalue weighted by molar-refractivity contribution is -0.155. The zero-order chi connectivity index (χ0) is 31.5. The predicted molar refractivity (Wildman–Crippen MR) is 156 cm³/mol. The first-order chi connectivity index (χ1) is 21.0. The van der Waals surface area contributed by atoms with Gasteiger partial charge in [0.25, 0.3) is 0 Å². The van der Waals surface area contributed by atoms with Gasteiger partial charge in [0.2, 0.25) is 12.2 Å². The van der Waals surface area contributed by atoms with Crippen LogP contribution >= 0.6 is 11.6 Å². The van der Waals surface area contributed by atoms with Gasteiger partial charge in [-0.1, -0.05) is 23.7 Å². The molecular weight excluding hydrogens is 601 g/mol. The summed E-state index contributed by atoms with van der Waals surface area (Å²) >= 11 is 5.97. The summed E-state index contributed by atoms with van der Waals surface area (Å²) in [6.45, 7) is 3.42. The number of amides is 1. The second kappa shape index (κ2) is 13.8. The van der Waals surface area contributed by atoms with Gasteiger partial charge in [0.05, 0.1) is 12.1 Å². The number of carbonyl (C=O) groups is 1. The number of aliphatic hydroxyl groups is 3. The van der Waals surface area contributed by atoms with Crippen molar-refractivity contribution in [3.63, 3.8) is 0 Å². The molecule has 2 heterocycles. The molecule has 11 nitrogen and oxygen atoms in total. The van der Waals surface area contributed by atoms with Crippen molar-refractivity contribution in [1.29, 1.82) is 0 Å². The van der Waals surface area contributed by atoms with Gasteiger partial charge in [0.15, 0.2) is 17.7 Å². The molecule has 3 fully saturated rings. The van der Waals surface area contributed by atoms with Gasteiger partial charge < -0.3 is 49.4 Å². The number of aromatic hydroxyl groups is 1. The number of fused-ring (bicyclic) bond motifs is 1. The first kappa shape index (κ1) is 32.2. The molecule has 0 spiro atoms. The Bertz CT molecular complexity index is 1410. The molecule has 3 aliphatic rings. The van der Waals surface area contributed by atoms with Crippen molar-refractivity contribution in [3.05, 3.63) is 70.3 Å². The van der Waals surface area contributed by atoms with Gasteiger partial charge in [0.1, 0.15) is 49.7 Å². The Morgan fingerprint density at radius 2 is 1.84 bits per heavy atom. The number of ether oxygens (including phenoxy) is 5. The maximum absolute atomic E-state index is 14.8. The van der Waals surface area contributed by atoms with E-state index in [-0.39, 0.29) is 36.9 Å². The van der Waals surface area contributed by atoms with Gasteiger partial charge in [-0.05, 0) is 67.5 Å². The van der Waals surface area contributed by atoms with Crippen LogP contribution in [0.25, 0.3) is 6.08 Å². The average molecular weight is 636 g/mol. The molecule has 5 rings (SSSR count). The fourth-order valence-electron chi connectivity index (χ4n) is 5.36. The molecule has 5 N–H and O–H groups in total. The van der Waals surface area contributed by atoms with Crippen LogP contribution in [0.4, 0.5) is 4.39 Å². The Morgan fingerprint density at radius 1 is 1.09 bits per heavy atom. The summed E-state index contributed by atoms with van der Waals surface area (Å²) in [5, 5.41) is 45.0. The number of rotatable bonds is 9. The summed E-state index contributed by atoms with van der Waals surface area (Å²) in [7, 11) is 0. The number of carbonyl (C=O) groups excluding carboxylic acids is 1. The quantitative estimate of drug-likeness (QED) is 0.205. The number of hydrogen-bond donors (Lipinski definition) is 5. The highest BCUT2D eigenvalue weighted by molar-refractivity contribution is 6.30. The Balaban J connectivity index is 1.16. The van der Waals surface area contributed by atoms with Crippen LogP contribution in [-0.4, -0.2) is 94.9 Å². The van der Waals surface area contributed by atoms with E-state index in [2.05, 4.69) is 5.32 Å². The maximum Gasteiger partial charge on any atom is 0.247 e. The number of benzene rings is 2. The van der Waals surface area contributed by atoms with Gasteiger partial charge in [0, 0.05) is 17.0 Å². The third kappa shape index (κ3) is 7.18. The lowest BCUT2D eigenvalue weighted by Gasteiger charge is -2.41. The number of phenols is 1. The Morgan fingerprint density at radius 3 is 2.57 bits per heavy atom. The molecule has 1 saturated carbocycles. The molecule has 238 valence electrons. The summed E-state index contributed by atoms with van der Waals surface area (Å²) < 4.78 is 42.4. The van der Waals surface area contributed by atoms with E-state index >= 15 is 0 Å². The number of halogens is 2. The summed E-state index contributed by atoms with van der Waals surface area (Å²) in [5.74, 6) is -0.305. The molecule has 0 aromatic heterocycles. The van der Waals surface area contributed by atoms with E-state index in [1.165, 1.54) is 25.1 Å². The van der Waals surface area contributed by atoms with Crippen LogP contribution in [0.15, 0.2) is 59.7 Å². The standard InChI is InChI=1S/C31H35ClFNO10/c1-15(8-9-40-19-5-3-4-18(32)12-19)23-13-20(33)31(44-23)43-22-7-6-17(11-21(22)35)10-16(2)30(39)34-24-25(36)27(38)29-28(26(24)37)41-14-42-29/h3-8,10-12,20,23-29,31,35-38H,9,13-14H2,1-2H3,(H,34,39)/t20-,23+,24-,25+,26-,27-,28+,29-,31-/m1/s1. The number of nitrogens with one attached hydrogen (secondary N) is 1. The van der Waals surface area contributed by atoms with E-state index in [1.807, 2.05) is 6.92 Å². The Kier molecular flexibility index (Phi) is 10.1. The third-order valence-electron chi connectivity index (χ3n) is 7.86. The van der Waals surface area contributed by atoms with E-state index in [0.29, 0.717) is 16.3 Å². The summed E-state index contributed by atoms with van der Waals surface area (Å²) in [6.07, 6.45) is -5.84. The number of hydrogen-bond acceptors (Lipinski definition) is 10. The molecule has 2 aliphatic heterocycles. The second-order valence-corrected chi connectivity index (χ2v) is 11.4. The zero-order valence-electron chi connectivity index (χ0n) is 24.0. The molecule has 2 aromatic carbocycles. The first-order valence-electron chi connectivity index (χ1n) is 14.1. The van der Waals surface area contributed by atoms with Gasteiger partial charge in [-0.3, -0.25) is 4.79 Å². The van der Waals surface area contributed by atoms with Crippen molar-refractivity contribution in [2.75, 3.05) is 13.4 Å². The third-order valence-corrected chi connectivity index (χ3v) is 8.10. The van der Waals surface area contributed by atoms with Crippen molar-refractivity contribution < 1.29 is 53.3 Å². The van der Waals surface area contributed by atoms with Crippen LogP contribution in [0, 0.1) is 0 Å². The fraction of sp³-hybridized carbons (Fsp3) is 0.452. The largest absolute Gasteiger partial charge is 0.504 e. The van der Waals surface area contributed by atoms with Crippen molar-refractivity contribution in [2.45, 2.75) is 75.4 Å². The topological polar surface area (TPSA) is 156 Å². The van der Waals surface area contributed by atoms with Crippen LogP contribution in [0.5, 0.6) is 17.2 Å². The normalized spacial score (nSPS) is 32.3. The maximum atomic E-state index is 14.8. The van der Waals surface area contributed by atoms with E-state index < -0.39 is 61.0 Å². The van der Waals surface area contributed by atoms with Crippen molar-refractivity contribution in [2.24, 2.45) is 0 Å². The smallest absolute Gasteiger partial charge is 0.247 e. The molecule has 13 heteroatoms. The molecule has 2 aromatic rings. The minimum Gasteiger partial charge on any atom is -0.504 e. The highest BCUT2D eigenvalue weighted by Crippen LogP contribution is 2.35. The molecule has 2 saturated heterocycles. The minimum atomic E-state index is -1.48. The summed E-state index contributed by atoms with van der Waals surface area (Å²) in [6, 6.07) is 10.1. The minimum absolute atomic E-state index is 0.000693. The lowest BCUT2D eigenvalue weighted by Crippen LogP contribution is -2.67. The van der Waals surface area contributed by atoms with Gasteiger partial charge in [-0.15, -0.1) is 0 Å². The van der Waals surface area contributed by atoms with Crippen molar-refractivity contribution >= 4 is 23.6 Å². The Labute approximate surface area is 258 Å². The molecule has 0 bridgehead atoms. The van der Waals surface area contributed by atoms with Crippen molar-refractivity contribution in [3.8, 4) is 17.2 Å². The van der Waals surface area contributed by atoms with Crippen molar-refractivity contribution in [1.82, 2.24) is 5.32 Å². The van der Waals surface area contributed by atoms with E-state index in [1.54, 1.807) is 36.4 Å². The van der Waals surface area contributed by atoms with Crippen LogP contribution in [0.1, 0.15) is 25.8 Å². The molecule has 1 amide bonds. The van der Waals surface area contributed by atoms with Crippen LogP contribution in [0.3, 0.4) is 0 Å². The molecule has 44 heavy (non-hydrogen) atoms. The van der Waals surface area contributed by atoms with E-state index in [9.17, 15) is 29.6 Å². The molecule has 9 atom stereocenters. The second-order valence-electron chi connectivity index (χ2n) is 11.0. The average Bonchev–Trinajstić information content (AvgIpc) is 3.63. The number of aliphatic hydroxyl groups excluding tert-OH is 3. The lowest BCUT2D eigenvalue weighted by atomic mass is 9.83. The highest BCUT2D eigenvalue weighted by Gasteiger charge is 2.53. The SMILES string of the molecule is CC(=Cc1ccc(O[C@@H]2O[C@H](C(C)=CCOc3cccc(Cl)c3)C[C@H]2F)c(O)c1)C(=O)N[C@@H]1[C@H](O)[C@@H](O)[C@H]2OCO[C@H]2[C@@H]1O. The molecule has 1 aliphatic carbocycles. The molecule has 0 radical (unpaired) electrons. The Hall–Kier alpha value is -3.23. The van der Waals surface area contributed by atoms with E-state index in [4.69, 9.17) is 35.3 Å². The fourth-order valence-corrected chi connectivity index (χ4v) is 5.54. The highest BCUT2D eigenvalue weighted by atomic mass is 35.5. The van der Waals surface area contributed by atoms with Gasteiger partial charge in [-0.2, -0.15) is 0 Å². The summed E-state index contributed by atoms with van der Waals surface area (Å²) in [5.41, 5.74) is 1.39. The van der Waals surface area contributed by atoms with Gasteiger partial charge in [-0.25, -0.2) is 4.39 Å². The zero-order valence-corrected chi connectivity index (χ0v) is 24.8. The first-order valence-corrected chi connectivity index (χ1v) is 14.5. The van der Waals surface area contributed by atoms with Crippen LogP contribution < -0.4 is 14.8 Å². The van der Waals surface area contributed by atoms with Crippen LogP contribution in [0.2, 0.25) is 5.02 Å². The number of phenolic OH excluding ortho intramolecular Hbond substituents is 1. The predicted octanol–water partition coefficient (Wildman–Crippen LogP) is 2.63. The molecule has 0 unspecified atom stereocenters. The van der Waals surface area contributed by atoms with Gasteiger partial charge >= 0.3 is 0 Å². The number of alkyl halides is 1. The monoisotopic (exact) mass is 635 g/mol. The molecular formula is C31H35ClFNO10. The van der Waals surface area contributed by atoms with Crippen LogP contribution in [-0.2, 0) is 19.0 Å². The summed E-state index contributed by atoms with van der Waals surface area (Å²) in [4.78, 5) is 12.8. The van der Waals surface area contributed by atoms with E-state index in [0.717, 1.165) is 5.57 Å².